The highest BCUT2D eigenvalue weighted by Crippen LogP contribution is 2.39. The third kappa shape index (κ3) is 4.74. The Balaban J connectivity index is 1.57. The van der Waals surface area contributed by atoms with E-state index in [1.54, 1.807) is 19.2 Å². The van der Waals surface area contributed by atoms with E-state index in [9.17, 15) is 21.6 Å². The van der Waals surface area contributed by atoms with Crippen LogP contribution in [0.4, 0.5) is 13.2 Å². The smallest absolute Gasteiger partial charge is 0.208 e. The second kappa shape index (κ2) is 8.23. The van der Waals surface area contributed by atoms with E-state index in [-0.39, 0.29) is 23.1 Å². The van der Waals surface area contributed by atoms with E-state index >= 15 is 0 Å². The maximum absolute atomic E-state index is 14.5. The zero-order chi connectivity index (χ0) is 22.3. The highest BCUT2D eigenvalue weighted by atomic mass is 32.2. The summed E-state index contributed by atoms with van der Waals surface area (Å²) in [5, 5.41) is 4.17. The van der Waals surface area contributed by atoms with E-state index in [4.69, 9.17) is 4.84 Å². The summed E-state index contributed by atoms with van der Waals surface area (Å²) in [6, 6.07) is 2.70. The molecule has 166 valence electrons. The number of hydrogen-bond donors (Lipinski definition) is 1. The van der Waals surface area contributed by atoms with E-state index in [2.05, 4.69) is 14.9 Å². The van der Waals surface area contributed by atoms with Gasteiger partial charge in [0, 0.05) is 42.3 Å². The highest BCUT2D eigenvalue weighted by Gasteiger charge is 2.36. The van der Waals surface area contributed by atoms with Gasteiger partial charge in [-0.3, -0.25) is 4.98 Å². The number of pyridine rings is 1. The summed E-state index contributed by atoms with van der Waals surface area (Å²) in [5.74, 6) is -2.98. The topological polar surface area (TPSA) is 80.7 Å². The van der Waals surface area contributed by atoms with Crippen molar-refractivity contribution in [3.8, 4) is 11.1 Å². The number of nitrogens with one attached hydrogen (secondary N) is 1. The molecule has 4 rings (SSSR count). The van der Waals surface area contributed by atoms with Crippen LogP contribution >= 0.6 is 0 Å². The first-order valence-corrected chi connectivity index (χ1v) is 11.8. The Labute approximate surface area is 178 Å². The molecular weight excluding hydrogens is 431 g/mol. The van der Waals surface area contributed by atoms with Gasteiger partial charge in [0.1, 0.15) is 17.5 Å². The second-order valence-electron chi connectivity index (χ2n) is 8.17. The minimum Gasteiger partial charge on any atom is -0.386 e. The standard InChI is InChI=1S/C21H22F3N3O3S/c1-11-5-15(20-16(23)7-13(22)8-17(20)24)21(25-10-11)19-9-18(26-30-19)12-3-4-14(6-12)27-31(2,28)29/h5,7-8,10,12,14,19,27H,3-4,6,9H2,1-2H3/t12-,14+,19?/m1/s1. The van der Waals surface area contributed by atoms with Gasteiger partial charge < -0.3 is 4.84 Å². The van der Waals surface area contributed by atoms with Gasteiger partial charge in [-0.25, -0.2) is 26.3 Å². The van der Waals surface area contributed by atoms with Crippen LogP contribution in [0.3, 0.4) is 0 Å². The minimum absolute atomic E-state index is 0.0532. The molecule has 2 aliphatic rings. The molecule has 0 bridgehead atoms. The number of rotatable bonds is 5. The molecule has 2 heterocycles. The zero-order valence-electron chi connectivity index (χ0n) is 17.0. The Bertz CT molecular complexity index is 1130. The molecule has 1 N–H and O–H groups in total. The number of halogens is 3. The normalized spacial score (nSPS) is 23.6. The number of oxime groups is 1. The first-order valence-electron chi connectivity index (χ1n) is 9.92. The van der Waals surface area contributed by atoms with Crippen LogP contribution in [0.25, 0.3) is 11.1 Å². The number of hydrogen-bond acceptors (Lipinski definition) is 5. The van der Waals surface area contributed by atoms with Crippen molar-refractivity contribution in [1.82, 2.24) is 9.71 Å². The lowest BCUT2D eigenvalue weighted by Crippen LogP contribution is -2.32. The Hall–Kier alpha value is -2.46. The highest BCUT2D eigenvalue weighted by molar-refractivity contribution is 7.88. The number of aryl methyl sites for hydroxylation is 1. The molecule has 1 aromatic carbocycles. The van der Waals surface area contributed by atoms with Crippen LogP contribution in [0.1, 0.15) is 43.0 Å². The molecule has 1 fully saturated rings. The molecule has 0 spiro atoms. The summed E-state index contributed by atoms with van der Waals surface area (Å²) in [6.45, 7) is 1.74. The first kappa shape index (κ1) is 21.8. The molecule has 10 heteroatoms. The maximum Gasteiger partial charge on any atom is 0.208 e. The molecule has 1 aliphatic carbocycles. The van der Waals surface area contributed by atoms with E-state index in [1.807, 2.05) is 0 Å². The molecule has 0 amide bonds. The van der Waals surface area contributed by atoms with Crippen LogP contribution in [-0.4, -0.2) is 31.4 Å². The monoisotopic (exact) mass is 453 g/mol. The summed E-state index contributed by atoms with van der Waals surface area (Å²) < 4.78 is 67.9. The van der Waals surface area contributed by atoms with Gasteiger partial charge in [0.2, 0.25) is 10.0 Å². The van der Waals surface area contributed by atoms with Crippen molar-refractivity contribution >= 4 is 15.7 Å². The van der Waals surface area contributed by atoms with E-state index < -0.39 is 33.6 Å². The lowest BCUT2D eigenvalue weighted by molar-refractivity contribution is 0.0829. The van der Waals surface area contributed by atoms with Crippen molar-refractivity contribution < 1.29 is 26.4 Å². The van der Waals surface area contributed by atoms with E-state index in [0.717, 1.165) is 18.4 Å². The van der Waals surface area contributed by atoms with Crippen LogP contribution < -0.4 is 4.72 Å². The summed E-state index contributed by atoms with van der Waals surface area (Å²) in [4.78, 5) is 9.92. The fraction of sp³-hybridized carbons (Fsp3) is 0.429. The van der Waals surface area contributed by atoms with Gasteiger partial charge in [-0.1, -0.05) is 5.16 Å². The van der Waals surface area contributed by atoms with Crippen LogP contribution in [0.5, 0.6) is 0 Å². The summed E-state index contributed by atoms with van der Waals surface area (Å²) in [6.07, 6.45) is 4.50. The number of nitrogens with zero attached hydrogens (tertiary/aromatic N) is 2. The average molecular weight is 453 g/mol. The van der Waals surface area contributed by atoms with Crippen LogP contribution in [0.2, 0.25) is 0 Å². The zero-order valence-corrected chi connectivity index (χ0v) is 17.8. The lowest BCUT2D eigenvalue weighted by atomic mass is 9.93. The third-order valence-corrected chi connectivity index (χ3v) is 6.37. The predicted octanol–water partition coefficient (Wildman–Crippen LogP) is 4.01. The van der Waals surface area contributed by atoms with Crippen molar-refractivity contribution in [2.24, 2.45) is 11.1 Å². The Morgan fingerprint density at radius 1 is 1.13 bits per heavy atom. The molecular formula is C21H22F3N3O3S. The Morgan fingerprint density at radius 2 is 1.84 bits per heavy atom. The SMILES string of the molecule is Cc1cnc(C2CC([C@@H]3CC[C@H](NS(C)(=O)=O)C3)=NO2)c(-c2c(F)cc(F)cc2F)c1. The van der Waals surface area contributed by atoms with Gasteiger partial charge in [0.05, 0.1) is 23.2 Å². The van der Waals surface area contributed by atoms with Gasteiger partial charge in [0.25, 0.3) is 0 Å². The molecule has 0 saturated heterocycles. The lowest BCUT2D eigenvalue weighted by Gasteiger charge is -2.16. The molecule has 2 aromatic rings. The van der Waals surface area contributed by atoms with Crippen molar-refractivity contribution in [3.63, 3.8) is 0 Å². The molecule has 1 aromatic heterocycles. The fourth-order valence-electron chi connectivity index (χ4n) is 4.31. The number of sulfonamides is 1. The second-order valence-corrected chi connectivity index (χ2v) is 9.95. The third-order valence-electron chi connectivity index (χ3n) is 5.61. The summed E-state index contributed by atoms with van der Waals surface area (Å²) in [5.41, 5.74) is 1.61. The largest absolute Gasteiger partial charge is 0.386 e. The summed E-state index contributed by atoms with van der Waals surface area (Å²) in [7, 11) is -3.29. The van der Waals surface area contributed by atoms with E-state index in [1.165, 1.54) is 0 Å². The molecule has 3 atom stereocenters. The number of benzene rings is 1. The quantitative estimate of drug-likeness (QED) is 0.742. The summed E-state index contributed by atoms with van der Waals surface area (Å²) >= 11 is 0. The van der Waals surface area contributed by atoms with Gasteiger partial charge in [0.15, 0.2) is 6.10 Å². The first-order chi connectivity index (χ1) is 14.6. The van der Waals surface area contributed by atoms with Gasteiger partial charge >= 0.3 is 0 Å². The molecule has 1 aliphatic heterocycles. The van der Waals surface area contributed by atoms with Crippen molar-refractivity contribution in [3.05, 3.63) is 53.1 Å². The van der Waals surface area contributed by atoms with Crippen molar-refractivity contribution in [2.75, 3.05) is 6.26 Å². The fourth-order valence-corrected chi connectivity index (χ4v) is 5.13. The van der Waals surface area contributed by atoms with Gasteiger partial charge in [-0.15, -0.1) is 0 Å². The Morgan fingerprint density at radius 3 is 2.52 bits per heavy atom. The average Bonchev–Trinajstić information content (AvgIpc) is 3.29. The molecule has 6 nitrogen and oxygen atoms in total. The van der Waals surface area contributed by atoms with Crippen molar-refractivity contribution in [1.29, 1.82) is 0 Å². The maximum atomic E-state index is 14.5. The number of aromatic nitrogens is 1. The predicted molar refractivity (Wildman–Crippen MR) is 109 cm³/mol. The molecule has 0 radical (unpaired) electrons. The van der Waals surface area contributed by atoms with Crippen LogP contribution in [0.15, 0.2) is 29.6 Å². The Kier molecular flexibility index (Phi) is 5.78. The molecule has 1 saturated carbocycles. The van der Waals surface area contributed by atoms with Crippen LogP contribution in [-0.2, 0) is 14.9 Å². The van der Waals surface area contributed by atoms with E-state index in [0.29, 0.717) is 42.7 Å². The molecule has 1 unspecified atom stereocenters. The van der Waals surface area contributed by atoms with Crippen LogP contribution in [0, 0.1) is 30.3 Å². The van der Waals surface area contributed by atoms with Gasteiger partial charge in [-0.2, -0.15) is 0 Å². The molecule has 31 heavy (non-hydrogen) atoms. The minimum atomic E-state index is -3.29. The van der Waals surface area contributed by atoms with Gasteiger partial charge in [-0.05, 0) is 37.8 Å². The van der Waals surface area contributed by atoms with Crippen molar-refractivity contribution in [2.45, 2.75) is 44.8 Å².